The predicted octanol–water partition coefficient (Wildman–Crippen LogP) is 2.27. The standard InChI is InChI=1S/C22H18FN5O2/c23-17-9-5-4-8-15(17)19(14-6-2-1-3-7-14)21(29)27-11-10-18-16(12-27)20-24-13-25-28(20)22(30)26-18/h1-9,13,19H,10-12H2,(H,26,30). The van der Waals surface area contributed by atoms with Crippen LogP contribution in [0.25, 0.3) is 5.65 Å². The van der Waals surface area contributed by atoms with Crippen molar-refractivity contribution in [3.63, 3.8) is 0 Å². The number of aromatic amines is 1. The van der Waals surface area contributed by atoms with Crippen LogP contribution in [-0.4, -0.2) is 36.9 Å². The van der Waals surface area contributed by atoms with E-state index in [0.717, 1.165) is 16.8 Å². The van der Waals surface area contributed by atoms with E-state index in [4.69, 9.17) is 0 Å². The number of nitrogens with zero attached hydrogens (tertiary/aromatic N) is 4. The van der Waals surface area contributed by atoms with E-state index in [9.17, 15) is 14.0 Å². The van der Waals surface area contributed by atoms with Gasteiger partial charge in [0.1, 0.15) is 12.1 Å². The number of amides is 1. The molecule has 0 aliphatic carbocycles. The average molecular weight is 403 g/mol. The van der Waals surface area contributed by atoms with E-state index in [1.54, 1.807) is 23.1 Å². The zero-order valence-electron chi connectivity index (χ0n) is 16.0. The summed E-state index contributed by atoms with van der Waals surface area (Å²) in [6.07, 6.45) is 1.80. The van der Waals surface area contributed by atoms with E-state index in [0.29, 0.717) is 24.2 Å². The zero-order chi connectivity index (χ0) is 20.7. The monoisotopic (exact) mass is 403 g/mol. The van der Waals surface area contributed by atoms with E-state index in [2.05, 4.69) is 15.1 Å². The molecule has 0 radical (unpaired) electrons. The first-order chi connectivity index (χ1) is 14.6. The lowest BCUT2D eigenvalue weighted by atomic mass is 9.89. The fraction of sp³-hybridized carbons (Fsp3) is 0.182. The van der Waals surface area contributed by atoms with Gasteiger partial charge >= 0.3 is 5.69 Å². The van der Waals surface area contributed by atoms with Gasteiger partial charge in [0, 0.05) is 29.8 Å². The van der Waals surface area contributed by atoms with Crippen molar-refractivity contribution in [1.29, 1.82) is 0 Å². The van der Waals surface area contributed by atoms with Crippen LogP contribution in [-0.2, 0) is 17.8 Å². The van der Waals surface area contributed by atoms with E-state index in [-0.39, 0.29) is 18.1 Å². The van der Waals surface area contributed by atoms with E-state index < -0.39 is 11.7 Å². The smallest absolute Gasteiger partial charge is 0.337 e. The highest BCUT2D eigenvalue weighted by Crippen LogP contribution is 2.31. The predicted molar refractivity (Wildman–Crippen MR) is 107 cm³/mol. The second kappa shape index (κ2) is 7.22. The Hall–Kier alpha value is -3.81. The van der Waals surface area contributed by atoms with Crippen LogP contribution in [0.3, 0.4) is 0 Å². The topological polar surface area (TPSA) is 83.4 Å². The van der Waals surface area contributed by atoms with Gasteiger partial charge in [0.05, 0.1) is 12.5 Å². The average Bonchev–Trinajstić information content (AvgIpc) is 3.27. The SMILES string of the molecule is O=C(C(c1ccccc1)c1ccccc1F)N1CCc2[nH]c(=O)n3ncnc3c2C1. The highest BCUT2D eigenvalue weighted by atomic mass is 19.1. The second-order valence-electron chi connectivity index (χ2n) is 7.26. The molecule has 2 aromatic carbocycles. The van der Waals surface area contributed by atoms with Gasteiger partial charge in [-0.3, -0.25) is 4.79 Å². The maximum atomic E-state index is 14.7. The van der Waals surface area contributed by atoms with Gasteiger partial charge in [-0.2, -0.15) is 9.61 Å². The Balaban J connectivity index is 1.56. The number of H-pyrrole nitrogens is 1. The van der Waals surface area contributed by atoms with Gasteiger partial charge in [-0.25, -0.2) is 14.2 Å². The number of benzene rings is 2. The number of hydrogen-bond donors (Lipinski definition) is 1. The fourth-order valence-corrected chi connectivity index (χ4v) is 4.07. The summed E-state index contributed by atoms with van der Waals surface area (Å²) < 4.78 is 15.9. The quantitative estimate of drug-likeness (QED) is 0.569. The Morgan fingerprint density at radius 1 is 1.10 bits per heavy atom. The first-order valence-electron chi connectivity index (χ1n) is 9.65. The summed E-state index contributed by atoms with van der Waals surface area (Å²) in [5, 5.41) is 3.95. The zero-order valence-corrected chi connectivity index (χ0v) is 16.0. The number of carbonyl (C=O) groups excluding carboxylic acids is 1. The minimum absolute atomic E-state index is 0.194. The molecule has 5 rings (SSSR count). The summed E-state index contributed by atoms with van der Waals surface area (Å²) in [5.41, 5.74) is 2.67. The molecule has 0 fully saturated rings. The number of aromatic nitrogens is 4. The summed E-state index contributed by atoms with van der Waals surface area (Å²) in [6, 6.07) is 15.6. The Morgan fingerprint density at radius 3 is 2.67 bits per heavy atom. The Bertz CT molecular complexity index is 1300. The van der Waals surface area contributed by atoms with Crippen LogP contribution in [0.5, 0.6) is 0 Å². The molecule has 8 heteroatoms. The molecule has 1 N–H and O–H groups in total. The lowest BCUT2D eigenvalue weighted by molar-refractivity contribution is -0.132. The number of halogens is 1. The largest absolute Gasteiger partial charge is 0.348 e. The molecule has 1 unspecified atom stereocenters. The third-order valence-electron chi connectivity index (χ3n) is 5.52. The highest BCUT2D eigenvalue weighted by Gasteiger charge is 2.32. The van der Waals surface area contributed by atoms with E-state index in [1.807, 2.05) is 30.3 Å². The van der Waals surface area contributed by atoms with Crippen molar-refractivity contribution in [3.8, 4) is 0 Å². The molecule has 1 aliphatic rings. The Labute approximate surface area is 170 Å². The van der Waals surface area contributed by atoms with Crippen LogP contribution in [0.4, 0.5) is 4.39 Å². The minimum atomic E-state index is -0.759. The molecule has 150 valence electrons. The number of hydrogen-bond acceptors (Lipinski definition) is 4. The second-order valence-corrected chi connectivity index (χ2v) is 7.26. The molecule has 1 amide bonds. The van der Waals surface area contributed by atoms with Gasteiger partial charge < -0.3 is 9.88 Å². The van der Waals surface area contributed by atoms with Crippen molar-refractivity contribution in [2.24, 2.45) is 0 Å². The van der Waals surface area contributed by atoms with Crippen molar-refractivity contribution in [1.82, 2.24) is 24.5 Å². The van der Waals surface area contributed by atoms with Crippen LogP contribution in [0.15, 0.2) is 65.7 Å². The lowest BCUT2D eigenvalue weighted by Gasteiger charge is -2.32. The summed E-state index contributed by atoms with van der Waals surface area (Å²) in [5.74, 6) is -1.37. The van der Waals surface area contributed by atoms with Crippen molar-refractivity contribution in [2.75, 3.05) is 6.54 Å². The van der Waals surface area contributed by atoms with Gasteiger partial charge in [-0.05, 0) is 11.6 Å². The number of rotatable bonds is 3. The molecule has 1 aliphatic heterocycles. The maximum absolute atomic E-state index is 14.7. The molecule has 4 aromatic rings. The summed E-state index contributed by atoms with van der Waals surface area (Å²) >= 11 is 0. The summed E-state index contributed by atoms with van der Waals surface area (Å²) in [4.78, 5) is 34.5. The molecular weight excluding hydrogens is 385 g/mol. The van der Waals surface area contributed by atoms with Crippen LogP contribution in [0, 0.1) is 5.82 Å². The van der Waals surface area contributed by atoms with Crippen molar-refractivity contribution in [2.45, 2.75) is 18.9 Å². The molecule has 0 saturated heterocycles. The third-order valence-corrected chi connectivity index (χ3v) is 5.52. The number of fused-ring (bicyclic) bond motifs is 3. The van der Waals surface area contributed by atoms with E-state index in [1.165, 1.54) is 16.9 Å². The van der Waals surface area contributed by atoms with Crippen LogP contribution < -0.4 is 5.69 Å². The minimum Gasteiger partial charge on any atom is -0.337 e. The van der Waals surface area contributed by atoms with Gasteiger partial charge in [-0.15, -0.1) is 0 Å². The van der Waals surface area contributed by atoms with Gasteiger partial charge in [-0.1, -0.05) is 48.5 Å². The molecule has 1 atom stereocenters. The third kappa shape index (κ3) is 2.97. The van der Waals surface area contributed by atoms with Gasteiger partial charge in [0.25, 0.3) is 0 Å². The lowest BCUT2D eigenvalue weighted by Crippen LogP contribution is -2.41. The molecule has 0 bridgehead atoms. The van der Waals surface area contributed by atoms with Crippen LogP contribution >= 0.6 is 0 Å². The fourth-order valence-electron chi connectivity index (χ4n) is 4.07. The van der Waals surface area contributed by atoms with Crippen LogP contribution in [0.2, 0.25) is 0 Å². The molecular formula is C22H18FN5O2. The number of nitrogens with one attached hydrogen (secondary N) is 1. The van der Waals surface area contributed by atoms with E-state index >= 15 is 0 Å². The van der Waals surface area contributed by atoms with Crippen molar-refractivity contribution >= 4 is 11.6 Å². The molecule has 30 heavy (non-hydrogen) atoms. The normalized spacial score (nSPS) is 14.5. The first kappa shape index (κ1) is 18.2. The van der Waals surface area contributed by atoms with Crippen molar-refractivity contribution in [3.05, 3.63) is 99.6 Å². The molecule has 3 heterocycles. The van der Waals surface area contributed by atoms with Crippen molar-refractivity contribution < 1.29 is 9.18 Å². The molecule has 7 nitrogen and oxygen atoms in total. The van der Waals surface area contributed by atoms with Gasteiger partial charge in [0.15, 0.2) is 5.65 Å². The molecule has 2 aromatic heterocycles. The maximum Gasteiger partial charge on any atom is 0.348 e. The number of carbonyl (C=O) groups is 1. The molecule has 0 spiro atoms. The summed E-state index contributed by atoms with van der Waals surface area (Å²) in [6.45, 7) is 0.689. The molecule has 0 saturated carbocycles. The van der Waals surface area contributed by atoms with Crippen LogP contribution in [0.1, 0.15) is 28.3 Å². The summed E-state index contributed by atoms with van der Waals surface area (Å²) in [7, 11) is 0. The highest BCUT2D eigenvalue weighted by molar-refractivity contribution is 5.87. The van der Waals surface area contributed by atoms with Gasteiger partial charge in [0.2, 0.25) is 5.91 Å². The Morgan fingerprint density at radius 2 is 1.87 bits per heavy atom. The Kier molecular flexibility index (Phi) is 4.39. The first-order valence-corrected chi connectivity index (χ1v) is 9.65.